The number of carboxylic acid groups (broad SMARTS) is 4. The molecule has 1 aliphatic rings. The van der Waals surface area contributed by atoms with Crippen LogP contribution in [0.1, 0.15) is 40.5 Å². The minimum atomic E-state index is -1.15. The van der Waals surface area contributed by atoms with Crippen LogP contribution >= 0.6 is 0 Å². The Morgan fingerprint density at radius 3 is 1.50 bits per heavy atom. The van der Waals surface area contributed by atoms with Crippen LogP contribution in [-0.4, -0.2) is 173 Å². The zero-order valence-corrected chi connectivity index (χ0v) is 26.5. The maximum Gasteiger partial charge on any atom is 0.320 e. The van der Waals surface area contributed by atoms with Crippen LogP contribution in [0, 0.1) is 5.41 Å². The van der Waals surface area contributed by atoms with Gasteiger partial charge in [-0.15, -0.1) is 0 Å². The van der Waals surface area contributed by atoms with Gasteiger partial charge in [-0.1, -0.05) is 13.8 Å². The molecule has 44 heavy (non-hydrogen) atoms. The first-order chi connectivity index (χ1) is 20.4. The van der Waals surface area contributed by atoms with E-state index in [0.29, 0.717) is 13.2 Å². The van der Waals surface area contributed by atoms with Crippen molar-refractivity contribution in [3.05, 3.63) is 0 Å². The highest BCUT2D eigenvalue weighted by molar-refractivity contribution is 5.79. The second-order valence-electron chi connectivity index (χ2n) is 12.7. The van der Waals surface area contributed by atoms with Crippen LogP contribution in [0.5, 0.6) is 0 Å². The lowest BCUT2D eigenvalue weighted by molar-refractivity contribution is -0.145. The van der Waals surface area contributed by atoms with E-state index in [1.54, 1.807) is 33.4 Å². The summed E-state index contributed by atoms with van der Waals surface area (Å²) in [5, 5.41) is 41.1. The summed E-state index contributed by atoms with van der Waals surface area (Å²) in [6, 6.07) is -1.09. The van der Waals surface area contributed by atoms with Gasteiger partial charge >= 0.3 is 23.9 Å². The number of hydrogen-bond acceptors (Lipinski definition) is 11. The van der Waals surface area contributed by atoms with E-state index < -0.39 is 35.5 Å². The van der Waals surface area contributed by atoms with Crippen LogP contribution in [0.25, 0.3) is 0 Å². The summed E-state index contributed by atoms with van der Waals surface area (Å²) >= 11 is 0. The predicted octanol–water partition coefficient (Wildman–Crippen LogP) is -1.41. The van der Waals surface area contributed by atoms with Crippen LogP contribution in [0.15, 0.2) is 0 Å². The molecule has 1 unspecified atom stereocenters. The summed E-state index contributed by atoms with van der Waals surface area (Å²) in [6.45, 7) is 9.22. The highest BCUT2D eigenvalue weighted by atomic mass is 16.5. The van der Waals surface area contributed by atoms with Gasteiger partial charge in [0.25, 0.3) is 0 Å². The van der Waals surface area contributed by atoms with Gasteiger partial charge in [0.1, 0.15) is 6.04 Å². The molecule has 7 N–H and O–H groups in total. The summed E-state index contributed by atoms with van der Waals surface area (Å²) in [6.07, 6.45) is -0.115. The van der Waals surface area contributed by atoms with Crippen LogP contribution in [0.3, 0.4) is 0 Å². The molecule has 254 valence electrons. The summed E-state index contributed by atoms with van der Waals surface area (Å²) in [5.41, 5.74) is 4.81. The number of amides is 1. The van der Waals surface area contributed by atoms with E-state index in [4.69, 9.17) is 10.5 Å². The number of carbonyl (C=O) groups excluding carboxylic acids is 1. The molecule has 0 bridgehead atoms. The van der Waals surface area contributed by atoms with Gasteiger partial charge in [0, 0.05) is 64.2 Å². The maximum absolute atomic E-state index is 12.9. The Kier molecular flexibility index (Phi) is 16.7. The van der Waals surface area contributed by atoms with Crippen LogP contribution in [0.2, 0.25) is 0 Å². The smallest absolute Gasteiger partial charge is 0.320 e. The molecule has 0 aliphatic carbocycles. The Labute approximate surface area is 259 Å². The number of hydrogen-bond donors (Lipinski definition) is 6. The lowest BCUT2D eigenvalue weighted by Crippen LogP contribution is -2.52. The first-order valence-electron chi connectivity index (χ1n) is 14.8. The number of aliphatic carboxylic acids is 4. The van der Waals surface area contributed by atoms with Gasteiger partial charge in [0.15, 0.2) is 0 Å². The van der Waals surface area contributed by atoms with E-state index in [9.17, 15) is 44.4 Å². The Bertz CT molecular complexity index is 931. The zero-order chi connectivity index (χ0) is 33.5. The zero-order valence-electron chi connectivity index (χ0n) is 26.5. The van der Waals surface area contributed by atoms with Crippen molar-refractivity contribution in [1.29, 1.82) is 0 Å². The SMILES string of the molecule is CC(C)(CN)COCC(C)(C)NC(=O)CCC(C(=O)O)N1CCN(CC(=O)O)CCN(CC(=O)O)CCN(CC(=O)O)CC1. The summed E-state index contributed by atoms with van der Waals surface area (Å²) < 4.78 is 5.76. The Balaban J connectivity index is 3.03. The minimum absolute atomic E-state index is 0.0252. The quantitative estimate of drug-likeness (QED) is 0.108. The average Bonchev–Trinajstić information content (AvgIpc) is 2.88. The molecule has 1 rings (SSSR count). The van der Waals surface area contributed by atoms with Crippen molar-refractivity contribution in [1.82, 2.24) is 24.9 Å². The third-order valence-corrected chi connectivity index (χ3v) is 7.31. The van der Waals surface area contributed by atoms with E-state index >= 15 is 0 Å². The third kappa shape index (κ3) is 16.8. The molecule has 1 aliphatic heterocycles. The second kappa shape index (κ2) is 18.8. The molecule has 16 nitrogen and oxygen atoms in total. The summed E-state index contributed by atoms with van der Waals surface area (Å²) in [7, 11) is 0. The molecule has 1 fully saturated rings. The fourth-order valence-corrected chi connectivity index (χ4v) is 4.76. The largest absolute Gasteiger partial charge is 0.480 e. The van der Waals surface area contributed by atoms with E-state index in [-0.39, 0.29) is 103 Å². The van der Waals surface area contributed by atoms with E-state index in [0.717, 1.165) is 0 Å². The topological polar surface area (TPSA) is 227 Å². The van der Waals surface area contributed by atoms with Crippen molar-refractivity contribution in [2.24, 2.45) is 11.1 Å². The van der Waals surface area contributed by atoms with E-state index in [1.165, 1.54) is 0 Å². The fraction of sp³-hybridized carbons (Fsp3) is 0.821. The molecule has 0 spiro atoms. The van der Waals surface area contributed by atoms with Crippen molar-refractivity contribution in [2.75, 3.05) is 91.8 Å². The average molecular weight is 633 g/mol. The normalized spacial score (nSPS) is 18.1. The molecule has 16 heteroatoms. The standard InChI is InChI=1S/C28H52N6O10/c1-27(2,18-29)19-44-20-28(3,4)30-22(35)6-5-21(26(42)43)34-13-11-32(16-24(38)39)9-7-31(15-23(36)37)8-10-33(12-14-34)17-25(40)41/h21H,5-20,29H2,1-4H3,(H,30,35)(H,36,37)(H,38,39)(H,40,41)(H,42,43). The van der Waals surface area contributed by atoms with Crippen LogP contribution in [0.4, 0.5) is 0 Å². The molecule has 1 atom stereocenters. The van der Waals surface area contributed by atoms with Crippen molar-refractivity contribution in [2.45, 2.75) is 52.1 Å². The molecule has 0 aromatic carbocycles. The summed E-state index contributed by atoms with van der Waals surface area (Å²) in [5.74, 6) is -4.72. The Morgan fingerprint density at radius 2 is 1.14 bits per heavy atom. The number of nitrogens with one attached hydrogen (secondary N) is 1. The van der Waals surface area contributed by atoms with Gasteiger partial charge in [-0.3, -0.25) is 43.6 Å². The third-order valence-electron chi connectivity index (χ3n) is 7.31. The first kappa shape index (κ1) is 39.1. The molecule has 0 saturated carbocycles. The van der Waals surface area contributed by atoms with Crippen LogP contribution < -0.4 is 11.1 Å². The van der Waals surface area contributed by atoms with Crippen molar-refractivity contribution in [3.63, 3.8) is 0 Å². The van der Waals surface area contributed by atoms with E-state index in [1.807, 2.05) is 13.8 Å². The lowest BCUT2D eigenvalue weighted by atomic mass is 9.95. The van der Waals surface area contributed by atoms with Gasteiger partial charge in [0.05, 0.1) is 38.4 Å². The predicted molar refractivity (Wildman–Crippen MR) is 160 cm³/mol. The Morgan fingerprint density at radius 1 is 0.727 bits per heavy atom. The van der Waals surface area contributed by atoms with Crippen molar-refractivity contribution < 1.29 is 49.1 Å². The first-order valence-corrected chi connectivity index (χ1v) is 14.8. The summed E-state index contributed by atoms with van der Waals surface area (Å²) in [4.78, 5) is 66.1. The number of ether oxygens (including phenoxy) is 1. The van der Waals surface area contributed by atoms with Gasteiger partial charge in [-0.25, -0.2) is 0 Å². The molecule has 0 aromatic rings. The number of rotatable bonds is 17. The lowest BCUT2D eigenvalue weighted by Gasteiger charge is -2.35. The molecule has 1 saturated heterocycles. The molecule has 1 amide bonds. The number of nitrogens with zero attached hydrogens (tertiary/aromatic N) is 4. The van der Waals surface area contributed by atoms with Gasteiger partial charge < -0.3 is 36.2 Å². The monoisotopic (exact) mass is 632 g/mol. The number of carboxylic acids is 4. The Hall–Kier alpha value is -2.89. The highest BCUT2D eigenvalue weighted by Gasteiger charge is 2.30. The highest BCUT2D eigenvalue weighted by Crippen LogP contribution is 2.15. The maximum atomic E-state index is 12.9. The van der Waals surface area contributed by atoms with Gasteiger partial charge in [-0.05, 0) is 26.8 Å². The van der Waals surface area contributed by atoms with Crippen molar-refractivity contribution in [3.8, 4) is 0 Å². The minimum Gasteiger partial charge on any atom is -0.480 e. The molecular weight excluding hydrogens is 580 g/mol. The molecule has 0 aromatic heterocycles. The molecule has 1 heterocycles. The molecule has 0 radical (unpaired) electrons. The van der Waals surface area contributed by atoms with Gasteiger partial charge in [-0.2, -0.15) is 0 Å². The number of carbonyl (C=O) groups is 5. The van der Waals surface area contributed by atoms with E-state index in [2.05, 4.69) is 5.32 Å². The van der Waals surface area contributed by atoms with Gasteiger partial charge in [0.2, 0.25) is 5.91 Å². The van der Waals surface area contributed by atoms with Crippen LogP contribution in [-0.2, 0) is 28.7 Å². The second-order valence-corrected chi connectivity index (χ2v) is 12.7. The van der Waals surface area contributed by atoms with Crippen molar-refractivity contribution >= 4 is 29.8 Å². The fourth-order valence-electron chi connectivity index (χ4n) is 4.76. The molecular formula is C28H52N6O10. The number of nitrogens with two attached hydrogens (primary N) is 1.